The van der Waals surface area contributed by atoms with Gasteiger partial charge in [-0.05, 0) is 54.3 Å². The number of fused-ring (bicyclic) bond motifs is 2. The number of aromatic amines is 1. The molecule has 2 aromatic heterocycles. The van der Waals surface area contributed by atoms with Gasteiger partial charge >= 0.3 is 11.9 Å². The number of hydrogen-bond donors (Lipinski definition) is 4. The fraction of sp³-hybridized carbons (Fsp3) is 0.367. The number of aliphatic hydroxyl groups is 3. The van der Waals surface area contributed by atoms with Crippen molar-refractivity contribution in [3.63, 3.8) is 0 Å². The lowest BCUT2D eigenvalue weighted by molar-refractivity contribution is -0.287. The number of nitrogens with zero attached hydrogens (tertiary/aromatic N) is 2. The quantitative estimate of drug-likeness (QED) is 0.172. The van der Waals surface area contributed by atoms with E-state index in [-0.39, 0.29) is 31.2 Å². The minimum atomic E-state index is -1.82. The van der Waals surface area contributed by atoms with Crippen molar-refractivity contribution >= 4 is 33.7 Å². The van der Waals surface area contributed by atoms with E-state index in [1.54, 1.807) is 18.3 Å². The molecule has 42 heavy (non-hydrogen) atoms. The Morgan fingerprint density at radius 2 is 1.90 bits per heavy atom. The molecule has 1 saturated heterocycles. The summed E-state index contributed by atoms with van der Waals surface area (Å²) < 4.78 is 31.4. The maximum absolute atomic E-state index is 13.8. The third-order valence-corrected chi connectivity index (χ3v) is 7.28. The van der Waals surface area contributed by atoms with Crippen LogP contribution in [0.1, 0.15) is 37.4 Å². The van der Waals surface area contributed by atoms with E-state index in [0.29, 0.717) is 0 Å². The largest absolute Gasteiger partial charge is 0.459 e. The van der Waals surface area contributed by atoms with Crippen LogP contribution in [0.15, 0.2) is 55.3 Å². The molecule has 0 aliphatic carbocycles. The Bertz CT molecular complexity index is 1610. The van der Waals surface area contributed by atoms with Crippen LogP contribution in [0, 0.1) is 5.82 Å². The molecule has 1 unspecified atom stereocenters. The van der Waals surface area contributed by atoms with Gasteiger partial charge in [0, 0.05) is 28.6 Å². The average Bonchev–Trinajstić information content (AvgIpc) is 3.56. The predicted molar refractivity (Wildman–Crippen MR) is 149 cm³/mol. The van der Waals surface area contributed by atoms with Crippen LogP contribution in [0.25, 0.3) is 27.5 Å². The Morgan fingerprint density at radius 1 is 1.17 bits per heavy atom. The Balaban J connectivity index is 1.43. The molecule has 12 heteroatoms. The molecule has 1 aliphatic heterocycles. The van der Waals surface area contributed by atoms with E-state index in [9.17, 15) is 29.3 Å². The van der Waals surface area contributed by atoms with Crippen molar-refractivity contribution in [3.8, 4) is 5.69 Å². The second kappa shape index (κ2) is 12.0. The van der Waals surface area contributed by atoms with E-state index in [0.717, 1.165) is 38.8 Å². The van der Waals surface area contributed by atoms with Crippen LogP contribution >= 0.6 is 0 Å². The van der Waals surface area contributed by atoms with Crippen LogP contribution in [-0.4, -0.2) is 79.3 Å². The molecule has 0 amide bonds. The number of carbonyl (C=O) groups is 2. The third-order valence-electron chi connectivity index (χ3n) is 7.28. The molecule has 0 radical (unpaired) electrons. The lowest BCUT2D eigenvalue weighted by atomic mass is 9.98. The number of benzene rings is 2. The number of halogens is 1. The van der Waals surface area contributed by atoms with Crippen LogP contribution in [0.3, 0.4) is 0 Å². The summed E-state index contributed by atoms with van der Waals surface area (Å²) >= 11 is 0. The molecule has 0 saturated carbocycles. The number of nitrogens with one attached hydrogen (secondary N) is 1. The van der Waals surface area contributed by atoms with Gasteiger partial charge in [0.15, 0.2) is 6.10 Å². The molecule has 1 fully saturated rings. The van der Waals surface area contributed by atoms with E-state index in [1.807, 2.05) is 30.5 Å². The highest BCUT2D eigenvalue weighted by Gasteiger charge is 2.49. The van der Waals surface area contributed by atoms with Crippen LogP contribution in [-0.2, 0) is 30.2 Å². The fourth-order valence-corrected chi connectivity index (χ4v) is 5.33. The number of hydrogen-bond acceptors (Lipinski definition) is 9. The van der Waals surface area contributed by atoms with Crippen molar-refractivity contribution in [2.24, 2.45) is 0 Å². The highest BCUT2D eigenvalue weighted by atomic mass is 19.1. The molecular weight excluding hydrogens is 549 g/mol. The number of aryl methyl sites for hydroxylation is 1. The summed E-state index contributed by atoms with van der Waals surface area (Å²) in [6, 6.07) is 10.1. The van der Waals surface area contributed by atoms with Crippen molar-refractivity contribution in [1.82, 2.24) is 14.8 Å². The van der Waals surface area contributed by atoms with Gasteiger partial charge < -0.3 is 34.1 Å². The van der Waals surface area contributed by atoms with Crippen LogP contribution < -0.4 is 0 Å². The van der Waals surface area contributed by atoms with Gasteiger partial charge in [-0.25, -0.2) is 9.18 Å². The number of carbonyl (C=O) groups excluding carboxylic acids is 2. The molecule has 0 spiro atoms. The smallest absolute Gasteiger partial charge is 0.338 e. The van der Waals surface area contributed by atoms with Crippen molar-refractivity contribution in [2.75, 3.05) is 6.61 Å². The standard InChI is InChI=1S/C30H32FN3O8/c1-4-11-40-29(39)28-26(37)25(36)27(38)30(42-28)41-23(35)10-9-19-20-13-21-16(14-32-33-21)12-22(20)34(24(19)15(2)3)18-7-5-17(31)6-8-18/h4-8,12-15,25-28,30,36-38H,1,9-11H2,2-3H3,(H,32,33)/t25-,26-,27+,28-,30?/m0/s1. The first-order chi connectivity index (χ1) is 20.1. The van der Waals surface area contributed by atoms with Gasteiger partial charge in [-0.3, -0.25) is 9.89 Å². The zero-order valence-corrected chi connectivity index (χ0v) is 23.1. The molecule has 4 N–H and O–H groups in total. The summed E-state index contributed by atoms with van der Waals surface area (Å²) in [7, 11) is 0. The fourth-order valence-electron chi connectivity index (χ4n) is 5.33. The van der Waals surface area contributed by atoms with Crippen molar-refractivity contribution in [2.45, 2.75) is 63.3 Å². The highest BCUT2D eigenvalue weighted by Crippen LogP contribution is 2.37. The minimum Gasteiger partial charge on any atom is -0.459 e. The maximum Gasteiger partial charge on any atom is 0.338 e. The number of aliphatic hydroxyl groups excluding tert-OH is 3. The van der Waals surface area contributed by atoms with Crippen molar-refractivity contribution in [1.29, 1.82) is 0 Å². The Kier molecular flexibility index (Phi) is 8.41. The molecule has 11 nitrogen and oxygen atoms in total. The van der Waals surface area contributed by atoms with Gasteiger partial charge in [0.1, 0.15) is 30.7 Å². The van der Waals surface area contributed by atoms with Gasteiger partial charge in [0.25, 0.3) is 0 Å². The second-order valence-corrected chi connectivity index (χ2v) is 10.5. The topological polar surface area (TPSA) is 156 Å². The van der Waals surface area contributed by atoms with Crippen molar-refractivity contribution < 1.29 is 43.5 Å². The monoisotopic (exact) mass is 581 g/mol. The van der Waals surface area contributed by atoms with E-state index in [4.69, 9.17) is 14.2 Å². The Hall–Kier alpha value is -4.10. The third kappa shape index (κ3) is 5.53. The van der Waals surface area contributed by atoms with Crippen LogP contribution in [0.2, 0.25) is 0 Å². The molecule has 3 heterocycles. The molecule has 222 valence electrons. The first-order valence-electron chi connectivity index (χ1n) is 13.5. The number of rotatable bonds is 9. The average molecular weight is 582 g/mol. The number of H-pyrrole nitrogens is 1. The molecule has 0 bridgehead atoms. The normalized spacial score (nSPS) is 22.5. The first kappa shape index (κ1) is 29.4. The molecule has 4 aromatic rings. The van der Waals surface area contributed by atoms with E-state index >= 15 is 0 Å². The lowest BCUT2D eigenvalue weighted by Crippen LogP contribution is -2.60. The summed E-state index contributed by atoms with van der Waals surface area (Å²) in [5.74, 6) is -2.12. The highest BCUT2D eigenvalue weighted by molar-refractivity contribution is 5.98. The Labute approximate surface area is 240 Å². The van der Waals surface area contributed by atoms with E-state index < -0.39 is 42.6 Å². The summed E-state index contributed by atoms with van der Waals surface area (Å²) in [6.07, 6.45) is -5.70. The van der Waals surface area contributed by atoms with Crippen LogP contribution in [0.5, 0.6) is 0 Å². The van der Waals surface area contributed by atoms with Gasteiger partial charge in [-0.15, -0.1) is 0 Å². The molecular formula is C30H32FN3O8. The zero-order valence-electron chi connectivity index (χ0n) is 23.1. The SMILES string of the molecule is C=CCOC(=O)[C@H]1OC(OC(=O)CCc2c(C(C)C)n(-c3ccc(F)cc3)c3cc4cn[nH]c4cc23)[C@H](O)[C@@H](O)[C@@H]1O. The maximum atomic E-state index is 13.8. The van der Waals surface area contributed by atoms with E-state index in [1.165, 1.54) is 18.2 Å². The molecule has 2 aromatic carbocycles. The zero-order chi connectivity index (χ0) is 30.1. The van der Waals surface area contributed by atoms with Crippen LogP contribution in [0.4, 0.5) is 4.39 Å². The van der Waals surface area contributed by atoms with Gasteiger partial charge in [0.2, 0.25) is 6.29 Å². The van der Waals surface area contributed by atoms with Gasteiger partial charge in [-0.2, -0.15) is 5.10 Å². The lowest BCUT2D eigenvalue weighted by Gasteiger charge is -2.38. The number of esters is 2. The molecule has 1 aliphatic rings. The summed E-state index contributed by atoms with van der Waals surface area (Å²) in [5.41, 5.74) is 4.19. The molecule has 5 rings (SSSR count). The van der Waals surface area contributed by atoms with E-state index in [2.05, 4.69) is 16.8 Å². The predicted octanol–water partition coefficient (Wildman–Crippen LogP) is 2.78. The molecule has 5 atom stereocenters. The van der Waals surface area contributed by atoms with Gasteiger partial charge in [0.05, 0.1) is 17.2 Å². The first-order valence-corrected chi connectivity index (χ1v) is 13.5. The Morgan fingerprint density at radius 3 is 2.60 bits per heavy atom. The summed E-state index contributed by atoms with van der Waals surface area (Å²) in [5, 5.41) is 39.7. The van der Waals surface area contributed by atoms with Gasteiger partial charge in [-0.1, -0.05) is 26.5 Å². The summed E-state index contributed by atoms with van der Waals surface area (Å²) in [4.78, 5) is 25.3. The summed E-state index contributed by atoms with van der Waals surface area (Å²) in [6.45, 7) is 7.31. The second-order valence-electron chi connectivity index (χ2n) is 10.5. The van der Waals surface area contributed by atoms with Crippen molar-refractivity contribution in [3.05, 3.63) is 72.3 Å². The number of ether oxygens (including phenoxy) is 3. The number of aromatic nitrogens is 3. The minimum absolute atomic E-state index is 0.00686.